The Morgan fingerprint density at radius 1 is 1.61 bits per heavy atom. The van der Waals surface area contributed by atoms with Crippen molar-refractivity contribution in [2.45, 2.75) is 52.4 Å². The highest BCUT2D eigenvalue weighted by Crippen LogP contribution is 2.27. The zero-order chi connectivity index (χ0) is 13.3. The van der Waals surface area contributed by atoms with E-state index in [1.165, 1.54) is 0 Å². The summed E-state index contributed by atoms with van der Waals surface area (Å²) in [5.74, 6) is 0.401. The molecule has 1 fully saturated rings. The molecule has 1 aliphatic rings. The maximum atomic E-state index is 10.3. The van der Waals surface area contributed by atoms with Gasteiger partial charge in [0, 0.05) is 19.6 Å². The third-order valence-corrected chi connectivity index (χ3v) is 4.17. The van der Waals surface area contributed by atoms with Gasteiger partial charge in [0.15, 0.2) is 0 Å². The minimum atomic E-state index is -0.513. The average Bonchev–Trinajstić information content (AvgIpc) is 2.87. The summed E-state index contributed by atoms with van der Waals surface area (Å²) in [6, 6.07) is 0. The van der Waals surface area contributed by atoms with Gasteiger partial charge in [0.05, 0.1) is 28.6 Å². The Morgan fingerprint density at radius 2 is 2.33 bits per heavy atom. The third kappa shape index (κ3) is 2.56. The monoisotopic (exact) mass is 272 g/mol. The van der Waals surface area contributed by atoms with Crippen LogP contribution in [0.15, 0.2) is 0 Å². The predicted octanol–water partition coefficient (Wildman–Crippen LogP) is 2.19. The van der Waals surface area contributed by atoms with Crippen LogP contribution in [0.1, 0.15) is 31.7 Å². The number of aliphatic hydroxyl groups is 1. The Morgan fingerprint density at radius 3 is 2.89 bits per heavy atom. The average molecular weight is 273 g/mol. The van der Waals surface area contributed by atoms with Crippen molar-refractivity contribution in [1.29, 1.82) is 0 Å². The topological polar surface area (TPSA) is 47.3 Å². The molecule has 4 nitrogen and oxygen atoms in total. The number of aryl methyl sites for hydroxylation is 2. The van der Waals surface area contributed by atoms with Crippen LogP contribution in [0.3, 0.4) is 0 Å². The number of ether oxygens (including phenoxy) is 1. The third-order valence-electron chi connectivity index (χ3n) is 3.68. The summed E-state index contributed by atoms with van der Waals surface area (Å²) in [7, 11) is 0. The van der Waals surface area contributed by atoms with Crippen molar-refractivity contribution in [2.24, 2.45) is 5.92 Å². The van der Waals surface area contributed by atoms with E-state index in [1.807, 2.05) is 18.5 Å². The van der Waals surface area contributed by atoms with Gasteiger partial charge in [0.1, 0.15) is 0 Å². The number of hydrogen-bond donors (Lipinski definition) is 1. The van der Waals surface area contributed by atoms with Crippen molar-refractivity contribution < 1.29 is 9.84 Å². The van der Waals surface area contributed by atoms with Gasteiger partial charge in [-0.05, 0) is 26.2 Å². The number of hydrogen-bond acceptors (Lipinski definition) is 3. The Hall–Kier alpha value is -0.580. The molecule has 1 aliphatic heterocycles. The zero-order valence-corrected chi connectivity index (χ0v) is 11.9. The first-order valence-electron chi connectivity index (χ1n) is 6.56. The highest BCUT2D eigenvalue weighted by molar-refractivity contribution is 6.31. The van der Waals surface area contributed by atoms with Crippen LogP contribution in [0.5, 0.6) is 0 Å². The summed E-state index contributed by atoms with van der Waals surface area (Å²) in [6.45, 7) is 7.52. The molecule has 2 heterocycles. The van der Waals surface area contributed by atoms with Crippen molar-refractivity contribution in [3.05, 3.63) is 16.4 Å². The molecule has 1 N–H and O–H groups in total. The van der Waals surface area contributed by atoms with Crippen LogP contribution >= 0.6 is 11.6 Å². The summed E-state index contributed by atoms with van der Waals surface area (Å²) < 4.78 is 7.46. The quantitative estimate of drug-likeness (QED) is 0.914. The molecule has 1 aromatic rings. The second kappa shape index (κ2) is 5.59. The molecule has 0 saturated carbocycles. The van der Waals surface area contributed by atoms with Gasteiger partial charge in [-0.1, -0.05) is 18.5 Å². The molecular formula is C13H21ClN2O2. The second-order valence-corrected chi connectivity index (χ2v) is 5.41. The molecule has 1 saturated heterocycles. The lowest BCUT2D eigenvalue weighted by Crippen LogP contribution is -2.32. The van der Waals surface area contributed by atoms with Crippen LogP contribution in [-0.4, -0.2) is 33.7 Å². The molecule has 1 aromatic heterocycles. The standard InChI is InChI=1S/C13H21ClN2O2/c1-4-16-10(12(14)9(3)15-16)7-11(17)13-8(2)5-6-18-13/h8,11,13,17H,4-7H2,1-3H3. The van der Waals surface area contributed by atoms with E-state index in [9.17, 15) is 5.11 Å². The number of nitrogens with zero attached hydrogens (tertiary/aromatic N) is 2. The van der Waals surface area contributed by atoms with Crippen molar-refractivity contribution in [1.82, 2.24) is 9.78 Å². The highest BCUT2D eigenvalue weighted by Gasteiger charge is 2.32. The highest BCUT2D eigenvalue weighted by atomic mass is 35.5. The molecular weight excluding hydrogens is 252 g/mol. The normalized spacial score (nSPS) is 25.6. The molecule has 2 rings (SSSR count). The smallest absolute Gasteiger partial charge is 0.0864 e. The van der Waals surface area contributed by atoms with Gasteiger partial charge in [-0.2, -0.15) is 5.10 Å². The molecule has 0 amide bonds. The van der Waals surface area contributed by atoms with Crippen LogP contribution < -0.4 is 0 Å². The summed E-state index contributed by atoms with van der Waals surface area (Å²) >= 11 is 6.24. The van der Waals surface area contributed by atoms with E-state index in [2.05, 4.69) is 12.0 Å². The minimum Gasteiger partial charge on any atom is -0.390 e. The second-order valence-electron chi connectivity index (χ2n) is 5.03. The van der Waals surface area contributed by atoms with E-state index < -0.39 is 6.10 Å². The van der Waals surface area contributed by atoms with Crippen molar-refractivity contribution in [3.8, 4) is 0 Å². The fourth-order valence-electron chi connectivity index (χ4n) is 2.59. The fourth-order valence-corrected chi connectivity index (χ4v) is 2.80. The zero-order valence-electron chi connectivity index (χ0n) is 11.2. The predicted molar refractivity (Wildman–Crippen MR) is 70.9 cm³/mol. The SMILES string of the molecule is CCn1nc(C)c(Cl)c1CC(O)C1OCCC1C. The van der Waals surface area contributed by atoms with Gasteiger partial charge in [0.2, 0.25) is 0 Å². The minimum absolute atomic E-state index is 0.0819. The Balaban J connectivity index is 2.13. The molecule has 18 heavy (non-hydrogen) atoms. The van der Waals surface area contributed by atoms with Crippen molar-refractivity contribution in [3.63, 3.8) is 0 Å². The number of aliphatic hydroxyl groups excluding tert-OH is 1. The van der Waals surface area contributed by atoms with Gasteiger partial charge in [-0.25, -0.2) is 0 Å². The van der Waals surface area contributed by atoms with Crippen LogP contribution in [0, 0.1) is 12.8 Å². The Labute approximate surface area is 113 Å². The summed E-state index contributed by atoms with van der Waals surface area (Å²) in [5.41, 5.74) is 1.73. The van der Waals surface area contributed by atoms with Gasteiger partial charge in [-0.3, -0.25) is 4.68 Å². The summed E-state index contributed by atoms with van der Waals surface area (Å²) in [5, 5.41) is 15.3. The molecule has 0 aromatic carbocycles. The van der Waals surface area contributed by atoms with Gasteiger partial charge < -0.3 is 9.84 Å². The first kappa shape index (κ1) is 13.8. The molecule has 3 atom stereocenters. The maximum Gasteiger partial charge on any atom is 0.0864 e. The van der Waals surface area contributed by atoms with Gasteiger partial charge in [-0.15, -0.1) is 0 Å². The molecule has 0 radical (unpaired) electrons. The summed E-state index contributed by atoms with van der Waals surface area (Å²) in [6.07, 6.45) is 0.923. The summed E-state index contributed by atoms with van der Waals surface area (Å²) in [4.78, 5) is 0. The lowest BCUT2D eigenvalue weighted by atomic mass is 9.96. The van der Waals surface area contributed by atoms with Gasteiger partial charge >= 0.3 is 0 Å². The van der Waals surface area contributed by atoms with Crippen molar-refractivity contribution in [2.75, 3.05) is 6.61 Å². The molecule has 102 valence electrons. The van der Waals surface area contributed by atoms with E-state index in [0.29, 0.717) is 17.4 Å². The van der Waals surface area contributed by atoms with E-state index in [1.54, 1.807) is 0 Å². The first-order chi connectivity index (χ1) is 8.54. The Kier molecular flexibility index (Phi) is 4.30. The maximum absolute atomic E-state index is 10.3. The first-order valence-corrected chi connectivity index (χ1v) is 6.93. The number of halogens is 1. The largest absolute Gasteiger partial charge is 0.390 e. The van der Waals surface area contributed by atoms with Gasteiger partial charge in [0.25, 0.3) is 0 Å². The molecule has 0 bridgehead atoms. The molecule has 3 unspecified atom stereocenters. The fraction of sp³-hybridized carbons (Fsp3) is 0.769. The Bertz CT molecular complexity index is 419. The number of rotatable bonds is 4. The van der Waals surface area contributed by atoms with E-state index in [4.69, 9.17) is 16.3 Å². The lowest BCUT2D eigenvalue weighted by molar-refractivity contribution is -0.0165. The van der Waals surface area contributed by atoms with Crippen molar-refractivity contribution >= 4 is 11.6 Å². The lowest BCUT2D eigenvalue weighted by Gasteiger charge is -2.21. The number of aromatic nitrogens is 2. The molecule has 0 aliphatic carbocycles. The van der Waals surface area contributed by atoms with Crippen LogP contribution in [0.2, 0.25) is 5.02 Å². The molecule has 5 heteroatoms. The van der Waals surface area contributed by atoms with E-state index in [-0.39, 0.29) is 6.10 Å². The van der Waals surface area contributed by atoms with Crippen LogP contribution in [-0.2, 0) is 17.7 Å². The molecule has 0 spiro atoms. The van der Waals surface area contributed by atoms with Crippen LogP contribution in [0.4, 0.5) is 0 Å². The van der Waals surface area contributed by atoms with E-state index in [0.717, 1.165) is 31.0 Å². The van der Waals surface area contributed by atoms with Crippen LogP contribution in [0.25, 0.3) is 0 Å². The van der Waals surface area contributed by atoms with E-state index >= 15 is 0 Å².